The van der Waals surface area contributed by atoms with Crippen LogP contribution in [0.4, 0.5) is 10.3 Å². The lowest BCUT2D eigenvalue weighted by Gasteiger charge is -2.11. The van der Waals surface area contributed by atoms with Crippen LogP contribution in [0, 0.1) is 5.82 Å². The molecule has 4 rings (SSSR count). The number of ketones is 1. The van der Waals surface area contributed by atoms with Crippen molar-refractivity contribution in [2.45, 2.75) is 0 Å². The van der Waals surface area contributed by atoms with Crippen molar-refractivity contribution in [1.29, 1.82) is 0 Å². The predicted molar refractivity (Wildman–Crippen MR) is 105 cm³/mol. The quantitative estimate of drug-likeness (QED) is 0.575. The maximum absolute atomic E-state index is 13.3. The minimum Gasteiger partial charge on any atom is -0.492 e. The molecule has 0 aliphatic heterocycles. The zero-order valence-electron chi connectivity index (χ0n) is 15.6. The molecule has 28 heavy (non-hydrogen) atoms. The van der Waals surface area contributed by atoms with Crippen molar-refractivity contribution >= 4 is 11.7 Å². The van der Waals surface area contributed by atoms with E-state index in [9.17, 15) is 9.18 Å². The molecule has 2 N–H and O–H groups in total. The van der Waals surface area contributed by atoms with E-state index in [0.717, 1.165) is 6.54 Å². The maximum Gasteiger partial charge on any atom is 0.221 e. The van der Waals surface area contributed by atoms with Gasteiger partial charge in [-0.05, 0) is 56.6 Å². The van der Waals surface area contributed by atoms with Crippen molar-refractivity contribution in [2.75, 3.05) is 33.0 Å². The fourth-order valence-corrected chi connectivity index (χ4v) is 3.19. The largest absolute Gasteiger partial charge is 0.492 e. The zero-order valence-corrected chi connectivity index (χ0v) is 15.6. The van der Waals surface area contributed by atoms with Crippen LogP contribution in [0.2, 0.25) is 0 Å². The molecule has 3 aromatic rings. The molecule has 1 aliphatic rings. The van der Waals surface area contributed by atoms with Gasteiger partial charge < -0.3 is 15.4 Å². The Labute approximate surface area is 161 Å². The summed E-state index contributed by atoms with van der Waals surface area (Å²) in [6, 6.07) is 11.1. The SMILES string of the molecule is CN(C)CCOc1ccc2c(c1)-c1nc(N)nc(-c3ccc(F)cc3)c1C2=O. The Morgan fingerprint density at radius 2 is 1.75 bits per heavy atom. The highest BCUT2D eigenvalue weighted by atomic mass is 19.1. The van der Waals surface area contributed by atoms with Gasteiger partial charge in [0.1, 0.15) is 18.2 Å². The van der Waals surface area contributed by atoms with Gasteiger partial charge in [0.25, 0.3) is 0 Å². The van der Waals surface area contributed by atoms with E-state index in [-0.39, 0.29) is 17.5 Å². The fourth-order valence-electron chi connectivity index (χ4n) is 3.19. The van der Waals surface area contributed by atoms with Crippen LogP contribution < -0.4 is 10.5 Å². The van der Waals surface area contributed by atoms with E-state index in [2.05, 4.69) is 9.97 Å². The van der Waals surface area contributed by atoms with Crippen LogP contribution in [0.15, 0.2) is 42.5 Å². The number of fused-ring (bicyclic) bond motifs is 3. The number of likely N-dealkylation sites (N-methyl/N-ethyl adjacent to an activating group) is 1. The van der Waals surface area contributed by atoms with E-state index in [1.165, 1.54) is 12.1 Å². The molecule has 0 atom stereocenters. The number of carbonyl (C=O) groups is 1. The van der Waals surface area contributed by atoms with Gasteiger partial charge in [0.2, 0.25) is 5.95 Å². The molecule has 0 amide bonds. The molecule has 6 nitrogen and oxygen atoms in total. The van der Waals surface area contributed by atoms with Gasteiger partial charge in [-0.25, -0.2) is 14.4 Å². The van der Waals surface area contributed by atoms with E-state index >= 15 is 0 Å². The van der Waals surface area contributed by atoms with Crippen LogP contribution in [0.25, 0.3) is 22.5 Å². The van der Waals surface area contributed by atoms with Crippen LogP contribution >= 0.6 is 0 Å². The van der Waals surface area contributed by atoms with Crippen molar-refractivity contribution in [3.8, 4) is 28.3 Å². The number of aromatic nitrogens is 2. The zero-order chi connectivity index (χ0) is 19.8. The van der Waals surface area contributed by atoms with Crippen molar-refractivity contribution in [2.24, 2.45) is 0 Å². The molecule has 142 valence electrons. The Hall–Kier alpha value is -3.32. The molecule has 2 aromatic carbocycles. The number of nitrogen functional groups attached to an aromatic ring is 1. The van der Waals surface area contributed by atoms with Crippen LogP contribution in [0.3, 0.4) is 0 Å². The summed E-state index contributed by atoms with van der Waals surface area (Å²) in [6.45, 7) is 1.30. The van der Waals surface area contributed by atoms with E-state index < -0.39 is 0 Å². The summed E-state index contributed by atoms with van der Waals surface area (Å²) < 4.78 is 19.1. The minimum absolute atomic E-state index is 0.0534. The van der Waals surface area contributed by atoms with E-state index in [4.69, 9.17) is 10.5 Å². The lowest BCUT2D eigenvalue weighted by Crippen LogP contribution is -2.19. The molecule has 0 saturated heterocycles. The second-order valence-electron chi connectivity index (χ2n) is 6.85. The van der Waals surface area contributed by atoms with Crippen LogP contribution in [0.1, 0.15) is 15.9 Å². The molecule has 0 unspecified atom stereocenters. The summed E-state index contributed by atoms with van der Waals surface area (Å²) in [5.41, 5.74) is 8.96. The monoisotopic (exact) mass is 378 g/mol. The summed E-state index contributed by atoms with van der Waals surface area (Å²) in [7, 11) is 3.94. The highest BCUT2D eigenvalue weighted by molar-refractivity contribution is 6.23. The van der Waals surface area contributed by atoms with Crippen LogP contribution in [-0.2, 0) is 0 Å². The normalized spacial score (nSPS) is 12.2. The van der Waals surface area contributed by atoms with Crippen LogP contribution in [0.5, 0.6) is 5.75 Å². The summed E-state index contributed by atoms with van der Waals surface area (Å²) >= 11 is 0. The summed E-state index contributed by atoms with van der Waals surface area (Å²) in [5, 5.41) is 0. The number of hydrogen-bond acceptors (Lipinski definition) is 6. The lowest BCUT2D eigenvalue weighted by molar-refractivity contribution is 0.104. The fraction of sp³-hybridized carbons (Fsp3) is 0.190. The molecule has 7 heteroatoms. The van der Waals surface area contributed by atoms with Gasteiger partial charge in [-0.15, -0.1) is 0 Å². The number of rotatable bonds is 5. The minimum atomic E-state index is -0.364. The second-order valence-corrected chi connectivity index (χ2v) is 6.85. The predicted octanol–water partition coefficient (Wildman–Crippen LogP) is 3.02. The number of nitrogens with two attached hydrogens (primary N) is 1. The number of benzene rings is 2. The van der Waals surface area contributed by atoms with Gasteiger partial charge in [0, 0.05) is 23.2 Å². The third kappa shape index (κ3) is 3.20. The van der Waals surface area contributed by atoms with Crippen molar-refractivity contribution in [1.82, 2.24) is 14.9 Å². The van der Waals surface area contributed by atoms with Gasteiger partial charge >= 0.3 is 0 Å². The van der Waals surface area contributed by atoms with E-state index in [1.807, 2.05) is 19.0 Å². The topological polar surface area (TPSA) is 81.3 Å². The Morgan fingerprint density at radius 1 is 1.04 bits per heavy atom. The molecule has 0 spiro atoms. The molecule has 0 radical (unpaired) electrons. The molecule has 0 fully saturated rings. The standard InChI is InChI=1S/C21H19FN4O2/c1-26(2)9-10-28-14-7-8-15-16(11-14)19-17(20(15)27)18(24-21(23)25-19)12-3-5-13(22)6-4-12/h3-8,11H,9-10H2,1-2H3,(H2,23,24,25). The van der Waals surface area contributed by atoms with Gasteiger partial charge in [0.15, 0.2) is 5.78 Å². The molecular formula is C21H19FN4O2. The van der Waals surface area contributed by atoms with Crippen molar-refractivity contribution < 1.29 is 13.9 Å². The Morgan fingerprint density at radius 3 is 2.46 bits per heavy atom. The van der Waals surface area contributed by atoms with Gasteiger partial charge in [-0.1, -0.05) is 0 Å². The first-order chi connectivity index (χ1) is 13.4. The molecular weight excluding hydrogens is 359 g/mol. The molecule has 1 aliphatic carbocycles. The number of anilines is 1. The highest BCUT2D eigenvalue weighted by Crippen LogP contribution is 2.41. The molecule has 1 heterocycles. The van der Waals surface area contributed by atoms with E-state index in [0.29, 0.717) is 46.0 Å². The number of carbonyl (C=O) groups excluding carboxylic acids is 1. The Kier molecular flexibility index (Phi) is 4.52. The number of halogens is 1. The van der Waals surface area contributed by atoms with Gasteiger partial charge in [-0.3, -0.25) is 4.79 Å². The summed E-state index contributed by atoms with van der Waals surface area (Å²) in [5.74, 6) is 0.167. The highest BCUT2D eigenvalue weighted by Gasteiger charge is 2.33. The van der Waals surface area contributed by atoms with Crippen molar-refractivity contribution in [3.05, 3.63) is 59.4 Å². The number of ether oxygens (including phenoxy) is 1. The van der Waals surface area contributed by atoms with Crippen molar-refractivity contribution in [3.63, 3.8) is 0 Å². The molecule has 1 aromatic heterocycles. The molecule has 0 saturated carbocycles. The summed E-state index contributed by atoms with van der Waals surface area (Å²) in [4.78, 5) is 23.6. The Bertz CT molecular complexity index is 1060. The third-order valence-electron chi connectivity index (χ3n) is 4.57. The van der Waals surface area contributed by atoms with Crippen LogP contribution in [-0.4, -0.2) is 47.9 Å². The first-order valence-electron chi connectivity index (χ1n) is 8.84. The number of hydrogen-bond donors (Lipinski definition) is 1. The summed E-state index contributed by atoms with van der Waals surface area (Å²) in [6.07, 6.45) is 0. The van der Waals surface area contributed by atoms with Gasteiger partial charge in [-0.2, -0.15) is 0 Å². The second kappa shape index (κ2) is 7.01. The Balaban J connectivity index is 1.78. The van der Waals surface area contributed by atoms with E-state index in [1.54, 1.807) is 30.3 Å². The van der Waals surface area contributed by atoms with Gasteiger partial charge in [0.05, 0.1) is 17.0 Å². The third-order valence-corrected chi connectivity index (χ3v) is 4.57. The smallest absolute Gasteiger partial charge is 0.221 e. The molecule has 0 bridgehead atoms. The average Bonchev–Trinajstić information content (AvgIpc) is 2.93. The first kappa shape index (κ1) is 18.1. The first-order valence-corrected chi connectivity index (χ1v) is 8.84. The number of nitrogens with zero attached hydrogens (tertiary/aromatic N) is 3. The average molecular weight is 378 g/mol. The maximum atomic E-state index is 13.3. The lowest BCUT2D eigenvalue weighted by atomic mass is 10.0.